The summed E-state index contributed by atoms with van der Waals surface area (Å²) in [5.74, 6) is -0.299. The van der Waals surface area contributed by atoms with Crippen molar-refractivity contribution in [1.82, 2.24) is 9.80 Å². The predicted molar refractivity (Wildman–Crippen MR) is 103 cm³/mol. The first-order valence-electron chi connectivity index (χ1n) is 10.1. The van der Waals surface area contributed by atoms with Gasteiger partial charge in [-0.05, 0) is 61.2 Å². The molecule has 144 valence electrons. The lowest BCUT2D eigenvalue weighted by Gasteiger charge is -2.51. The van der Waals surface area contributed by atoms with Crippen molar-refractivity contribution in [1.29, 1.82) is 5.26 Å². The van der Waals surface area contributed by atoms with E-state index in [4.69, 9.17) is 0 Å². The van der Waals surface area contributed by atoms with Crippen LogP contribution in [0.5, 0.6) is 0 Å². The van der Waals surface area contributed by atoms with Gasteiger partial charge in [0.2, 0.25) is 0 Å². The molecule has 6 rings (SSSR count). The van der Waals surface area contributed by atoms with Crippen LogP contribution in [-0.2, 0) is 6.54 Å². The topological polar surface area (TPSA) is 30.3 Å². The van der Waals surface area contributed by atoms with Crippen LogP contribution < -0.4 is 0 Å². The molecule has 28 heavy (non-hydrogen) atoms. The van der Waals surface area contributed by atoms with E-state index in [-0.39, 0.29) is 5.92 Å². The molecule has 0 unspecified atom stereocenters. The molecule has 0 aromatic heterocycles. The Labute approximate surface area is 164 Å². The third kappa shape index (κ3) is 2.92. The van der Waals surface area contributed by atoms with Crippen LogP contribution in [0.1, 0.15) is 35.4 Å². The maximum Gasteiger partial charge on any atom is 0.126 e. The maximum absolute atomic E-state index is 13.9. The van der Waals surface area contributed by atoms with E-state index in [0.717, 1.165) is 36.8 Å². The molecule has 0 saturated carbocycles. The molecule has 2 aromatic rings. The van der Waals surface area contributed by atoms with E-state index in [1.165, 1.54) is 25.0 Å². The van der Waals surface area contributed by atoms with E-state index in [0.29, 0.717) is 30.1 Å². The van der Waals surface area contributed by atoms with E-state index in [9.17, 15) is 14.0 Å². The number of benzene rings is 2. The highest BCUT2D eigenvalue weighted by Crippen LogP contribution is 2.47. The van der Waals surface area contributed by atoms with E-state index >= 15 is 0 Å². The smallest absolute Gasteiger partial charge is 0.126 e. The number of halogens is 2. The van der Waals surface area contributed by atoms with Crippen molar-refractivity contribution in [3.63, 3.8) is 0 Å². The summed E-state index contributed by atoms with van der Waals surface area (Å²) in [6.07, 6.45) is 2.36. The summed E-state index contributed by atoms with van der Waals surface area (Å²) in [5, 5.41) is 9.46. The zero-order valence-corrected chi connectivity index (χ0v) is 15.7. The van der Waals surface area contributed by atoms with Gasteiger partial charge in [0.05, 0.1) is 11.6 Å². The van der Waals surface area contributed by atoms with Gasteiger partial charge in [0.15, 0.2) is 0 Å². The highest BCUT2D eigenvalue weighted by Gasteiger charge is 2.53. The lowest BCUT2D eigenvalue weighted by atomic mass is 9.75. The predicted octanol–water partition coefficient (Wildman–Crippen LogP) is 3.90. The van der Waals surface area contributed by atoms with Crippen molar-refractivity contribution in [3.8, 4) is 6.07 Å². The van der Waals surface area contributed by atoms with Gasteiger partial charge in [-0.1, -0.05) is 18.2 Å². The van der Waals surface area contributed by atoms with Gasteiger partial charge in [-0.2, -0.15) is 5.26 Å². The first-order chi connectivity index (χ1) is 13.6. The van der Waals surface area contributed by atoms with Gasteiger partial charge in [-0.25, -0.2) is 8.78 Å². The van der Waals surface area contributed by atoms with E-state index in [1.54, 1.807) is 0 Å². The quantitative estimate of drug-likeness (QED) is 0.810. The summed E-state index contributed by atoms with van der Waals surface area (Å²) >= 11 is 0. The average Bonchev–Trinajstić information content (AvgIpc) is 3.10. The monoisotopic (exact) mass is 379 g/mol. The molecular weight excluding hydrogens is 356 g/mol. The number of hydrogen-bond donors (Lipinski definition) is 0. The van der Waals surface area contributed by atoms with Crippen molar-refractivity contribution in [2.45, 2.75) is 37.4 Å². The number of nitrogens with zero attached hydrogens (tertiary/aromatic N) is 3. The molecule has 4 aliphatic rings. The van der Waals surface area contributed by atoms with Gasteiger partial charge >= 0.3 is 0 Å². The summed E-state index contributed by atoms with van der Waals surface area (Å²) in [5.41, 5.74) is 2.50. The van der Waals surface area contributed by atoms with Crippen LogP contribution in [-0.4, -0.2) is 41.5 Å². The van der Waals surface area contributed by atoms with Crippen LogP contribution >= 0.6 is 0 Å². The Morgan fingerprint density at radius 2 is 1.71 bits per heavy atom. The second-order valence-electron chi connectivity index (χ2n) is 8.36. The molecule has 5 heteroatoms. The number of fused-ring (bicyclic) bond motifs is 2. The summed E-state index contributed by atoms with van der Waals surface area (Å²) in [4.78, 5) is 4.98. The Morgan fingerprint density at radius 1 is 1.00 bits per heavy atom. The van der Waals surface area contributed by atoms with Crippen LogP contribution in [0.4, 0.5) is 8.78 Å². The maximum atomic E-state index is 13.9. The minimum absolute atomic E-state index is 0.0903. The fraction of sp³-hybridized carbons (Fsp3) is 0.435. The highest BCUT2D eigenvalue weighted by molar-refractivity contribution is 5.38. The Hall–Kier alpha value is -2.29. The van der Waals surface area contributed by atoms with Crippen LogP contribution in [0, 0.1) is 28.9 Å². The third-order valence-corrected chi connectivity index (χ3v) is 6.92. The Morgan fingerprint density at radius 3 is 2.43 bits per heavy atom. The molecule has 3 atom stereocenters. The fourth-order valence-electron chi connectivity index (χ4n) is 5.79. The number of nitriles is 1. The lowest BCUT2D eigenvalue weighted by molar-refractivity contribution is -0.00873. The normalized spacial score (nSPS) is 31.5. The van der Waals surface area contributed by atoms with Crippen molar-refractivity contribution < 1.29 is 8.78 Å². The second-order valence-corrected chi connectivity index (χ2v) is 8.36. The second kappa shape index (κ2) is 6.95. The summed E-state index contributed by atoms with van der Waals surface area (Å²) < 4.78 is 27.9. The van der Waals surface area contributed by atoms with Crippen molar-refractivity contribution in [3.05, 3.63) is 70.8 Å². The van der Waals surface area contributed by atoms with Crippen LogP contribution in [0.3, 0.4) is 0 Å². The Bertz CT molecular complexity index is 909. The molecule has 0 radical (unpaired) electrons. The molecule has 4 heterocycles. The van der Waals surface area contributed by atoms with Crippen molar-refractivity contribution in [2.24, 2.45) is 5.92 Å². The molecule has 2 bridgehead atoms. The van der Waals surface area contributed by atoms with Gasteiger partial charge in [-0.3, -0.25) is 9.80 Å². The minimum atomic E-state index is -0.504. The number of rotatable bonds is 3. The first-order valence-corrected chi connectivity index (χ1v) is 10.1. The molecule has 4 aliphatic heterocycles. The molecule has 0 amide bonds. The molecule has 3 nitrogen and oxygen atoms in total. The van der Waals surface area contributed by atoms with E-state index in [1.807, 2.05) is 24.3 Å². The van der Waals surface area contributed by atoms with E-state index < -0.39 is 11.6 Å². The summed E-state index contributed by atoms with van der Waals surface area (Å²) in [7, 11) is 0. The average molecular weight is 379 g/mol. The largest absolute Gasteiger partial charge is 0.298 e. The molecule has 0 N–H and O–H groups in total. The number of hydrogen-bond acceptors (Lipinski definition) is 3. The van der Waals surface area contributed by atoms with Crippen molar-refractivity contribution >= 4 is 0 Å². The SMILES string of the molecule is N#Cc1ccccc1CN1C[C@H](c2cc(F)cc(F)c2)[C@H]2[C@@H]1C1CCN2CC1. The molecule has 4 saturated heterocycles. The zero-order chi connectivity index (χ0) is 19.3. The van der Waals surface area contributed by atoms with E-state index in [2.05, 4.69) is 15.9 Å². The Kier molecular flexibility index (Phi) is 4.41. The molecular formula is C23H23F2N3. The van der Waals surface area contributed by atoms with Gasteiger partial charge in [0.25, 0.3) is 0 Å². The van der Waals surface area contributed by atoms with Gasteiger partial charge < -0.3 is 0 Å². The van der Waals surface area contributed by atoms with Gasteiger partial charge in [0.1, 0.15) is 11.6 Å². The molecule has 2 aromatic carbocycles. The standard InChI is InChI=1S/C23H23F2N3/c24-19-9-18(10-20(25)11-19)21-14-28(13-17-4-2-1-3-16(17)12-26)22-15-5-7-27(8-6-15)23(21)22/h1-4,9-11,15,21-23H,5-8,13-14H2/t21-,22+,23+/m1/s1. The van der Waals surface area contributed by atoms with Crippen molar-refractivity contribution in [2.75, 3.05) is 19.6 Å². The number of likely N-dealkylation sites (tertiary alicyclic amines) is 1. The van der Waals surface area contributed by atoms with Crippen LogP contribution in [0.2, 0.25) is 0 Å². The Balaban J connectivity index is 1.51. The van der Waals surface area contributed by atoms with Crippen LogP contribution in [0.15, 0.2) is 42.5 Å². The third-order valence-electron chi connectivity index (χ3n) is 6.92. The molecule has 0 spiro atoms. The highest BCUT2D eigenvalue weighted by atomic mass is 19.1. The van der Waals surface area contributed by atoms with Gasteiger partial charge in [0, 0.05) is 37.2 Å². The lowest BCUT2D eigenvalue weighted by Crippen LogP contribution is -2.60. The molecule has 0 aliphatic carbocycles. The zero-order valence-electron chi connectivity index (χ0n) is 15.7. The molecule has 4 fully saturated rings. The summed E-state index contributed by atoms with van der Waals surface area (Å²) in [6.45, 7) is 3.63. The fourth-order valence-corrected chi connectivity index (χ4v) is 5.79. The minimum Gasteiger partial charge on any atom is -0.298 e. The number of piperidine rings is 3. The summed E-state index contributed by atoms with van der Waals surface area (Å²) in [6, 6.07) is 14.7. The van der Waals surface area contributed by atoms with Gasteiger partial charge in [-0.15, -0.1) is 0 Å². The van der Waals surface area contributed by atoms with Crippen LogP contribution in [0.25, 0.3) is 0 Å². The first kappa shape index (κ1) is 17.8.